The first-order chi connectivity index (χ1) is 15.2. The molecule has 0 aromatic heterocycles. The lowest BCUT2D eigenvalue weighted by Gasteiger charge is -2.33. The van der Waals surface area contributed by atoms with Crippen molar-refractivity contribution in [3.63, 3.8) is 0 Å². The topological polar surface area (TPSA) is 39.7 Å². The zero-order valence-corrected chi connectivity index (χ0v) is 18.3. The number of fused-ring (bicyclic) bond motifs is 1. The Morgan fingerprint density at radius 1 is 1.00 bits per heavy atom. The standard InChI is InChI=1S/C27H31NO3/c1-18(25-12-6-8-20-7-3-4-11-26(20)25)28-23-14-13-22(15-23)21-9-5-10-24(16-21)29-17-27-30-19(2)31-27/h3-12,16,18-19,22-23,27-28H,13-15,17H2,1-2H3/t18-,19?,22-,23+,27?/m1/s1. The number of nitrogens with one attached hydrogen (secondary N) is 1. The summed E-state index contributed by atoms with van der Waals surface area (Å²) in [5.74, 6) is 1.46. The van der Waals surface area contributed by atoms with Crippen LogP contribution in [0.2, 0.25) is 0 Å². The molecule has 31 heavy (non-hydrogen) atoms. The number of hydrogen-bond donors (Lipinski definition) is 1. The lowest BCUT2D eigenvalue weighted by Crippen LogP contribution is -2.42. The molecule has 3 atom stereocenters. The van der Waals surface area contributed by atoms with Crippen LogP contribution in [0.1, 0.15) is 56.2 Å². The first-order valence-corrected chi connectivity index (χ1v) is 11.4. The van der Waals surface area contributed by atoms with Crippen molar-refractivity contribution in [2.45, 2.75) is 63.7 Å². The van der Waals surface area contributed by atoms with E-state index < -0.39 is 0 Å². The predicted molar refractivity (Wildman–Crippen MR) is 123 cm³/mol. The fourth-order valence-corrected chi connectivity index (χ4v) is 5.05. The van der Waals surface area contributed by atoms with Crippen LogP contribution >= 0.6 is 0 Å². The molecule has 1 aliphatic heterocycles. The van der Waals surface area contributed by atoms with Crippen LogP contribution < -0.4 is 10.1 Å². The SMILES string of the molecule is CC1OC(COc2cccc([C@@H]3CC[C@H](N[C@H](C)c4cccc5ccccc45)C3)c2)O1. The summed E-state index contributed by atoms with van der Waals surface area (Å²) in [6.07, 6.45) is 3.21. The molecule has 0 spiro atoms. The van der Waals surface area contributed by atoms with Crippen molar-refractivity contribution in [2.24, 2.45) is 0 Å². The Kier molecular flexibility index (Phi) is 5.95. The summed E-state index contributed by atoms with van der Waals surface area (Å²) >= 11 is 0. The molecule has 0 bridgehead atoms. The van der Waals surface area contributed by atoms with E-state index in [1.807, 2.05) is 13.0 Å². The minimum atomic E-state index is -0.241. The molecule has 3 aromatic carbocycles. The molecule has 0 radical (unpaired) electrons. The molecule has 4 heteroatoms. The summed E-state index contributed by atoms with van der Waals surface area (Å²) in [6.45, 7) is 4.61. The maximum Gasteiger partial charge on any atom is 0.197 e. The Hall–Kier alpha value is -2.40. The van der Waals surface area contributed by atoms with E-state index in [-0.39, 0.29) is 12.6 Å². The zero-order chi connectivity index (χ0) is 21.2. The monoisotopic (exact) mass is 417 g/mol. The molecule has 2 aliphatic rings. The van der Waals surface area contributed by atoms with Crippen molar-refractivity contribution in [3.8, 4) is 5.75 Å². The van der Waals surface area contributed by atoms with Crippen molar-refractivity contribution < 1.29 is 14.2 Å². The van der Waals surface area contributed by atoms with Crippen LogP contribution in [0.5, 0.6) is 5.75 Å². The first-order valence-electron chi connectivity index (χ1n) is 11.4. The highest BCUT2D eigenvalue weighted by molar-refractivity contribution is 5.86. The average Bonchev–Trinajstić information content (AvgIpc) is 3.24. The molecule has 0 amide bonds. The van der Waals surface area contributed by atoms with Gasteiger partial charge in [-0.05, 0) is 73.1 Å². The van der Waals surface area contributed by atoms with E-state index in [9.17, 15) is 0 Å². The van der Waals surface area contributed by atoms with Gasteiger partial charge in [-0.3, -0.25) is 0 Å². The summed E-state index contributed by atoms with van der Waals surface area (Å²) in [7, 11) is 0. The van der Waals surface area contributed by atoms with Crippen molar-refractivity contribution >= 4 is 10.8 Å². The van der Waals surface area contributed by atoms with Crippen molar-refractivity contribution in [3.05, 3.63) is 77.9 Å². The highest BCUT2D eigenvalue weighted by atomic mass is 16.9. The van der Waals surface area contributed by atoms with Crippen LogP contribution in [0, 0.1) is 0 Å². The third kappa shape index (κ3) is 4.62. The quantitative estimate of drug-likeness (QED) is 0.518. The van der Waals surface area contributed by atoms with Gasteiger partial charge in [0.05, 0.1) is 0 Å². The molecular weight excluding hydrogens is 386 g/mol. The van der Waals surface area contributed by atoms with Gasteiger partial charge in [0.1, 0.15) is 12.4 Å². The van der Waals surface area contributed by atoms with Gasteiger partial charge in [0.2, 0.25) is 0 Å². The van der Waals surface area contributed by atoms with E-state index in [1.54, 1.807) is 0 Å². The highest BCUT2D eigenvalue weighted by Gasteiger charge is 2.29. The maximum atomic E-state index is 5.88. The van der Waals surface area contributed by atoms with E-state index in [2.05, 4.69) is 72.9 Å². The lowest BCUT2D eigenvalue weighted by atomic mass is 9.96. The number of benzene rings is 3. The van der Waals surface area contributed by atoms with E-state index in [4.69, 9.17) is 14.2 Å². The minimum absolute atomic E-state index is 0.112. The highest BCUT2D eigenvalue weighted by Crippen LogP contribution is 2.37. The molecule has 1 N–H and O–H groups in total. The van der Waals surface area contributed by atoms with Crippen LogP contribution in [0.25, 0.3) is 10.8 Å². The van der Waals surface area contributed by atoms with Gasteiger partial charge in [0.15, 0.2) is 12.6 Å². The minimum Gasteiger partial charge on any atom is -0.488 e. The van der Waals surface area contributed by atoms with Crippen LogP contribution in [0.4, 0.5) is 0 Å². The number of hydrogen-bond acceptors (Lipinski definition) is 4. The van der Waals surface area contributed by atoms with Gasteiger partial charge in [0, 0.05) is 12.1 Å². The predicted octanol–water partition coefficient (Wildman–Crippen LogP) is 5.92. The average molecular weight is 418 g/mol. The van der Waals surface area contributed by atoms with Crippen LogP contribution in [0.3, 0.4) is 0 Å². The van der Waals surface area contributed by atoms with Crippen LogP contribution in [-0.2, 0) is 9.47 Å². The molecule has 1 heterocycles. The van der Waals surface area contributed by atoms with Crippen molar-refractivity contribution in [1.29, 1.82) is 0 Å². The van der Waals surface area contributed by atoms with Gasteiger partial charge >= 0.3 is 0 Å². The van der Waals surface area contributed by atoms with Gasteiger partial charge in [-0.15, -0.1) is 0 Å². The molecule has 1 saturated heterocycles. The number of rotatable bonds is 7. The Morgan fingerprint density at radius 3 is 2.68 bits per heavy atom. The molecule has 3 aromatic rings. The fourth-order valence-electron chi connectivity index (χ4n) is 5.05. The maximum absolute atomic E-state index is 5.88. The molecule has 2 fully saturated rings. The van der Waals surface area contributed by atoms with Gasteiger partial charge in [0.25, 0.3) is 0 Å². The zero-order valence-electron chi connectivity index (χ0n) is 18.3. The molecule has 1 aliphatic carbocycles. The lowest BCUT2D eigenvalue weighted by molar-refractivity contribution is -0.380. The van der Waals surface area contributed by atoms with Crippen molar-refractivity contribution in [2.75, 3.05) is 6.61 Å². The first kappa shape index (κ1) is 20.5. The third-order valence-corrected chi connectivity index (χ3v) is 6.61. The summed E-state index contributed by atoms with van der Waals surface area (Å²) in [4.78, 5) is 0. The summed E-state index contributed by atoms with van der Waals surface area (Å²) in [6, 6.07) is 24.6. The second kappa shape index (κ2) is 8.99. The second-order valence-electron chi connectivity index (χ2n) is 8.82. The molecule has 5 rings (SSSR count). The van der Waals surface area contributed by atoms with Crippen molar-refractivity contribution in [1.82, 2.24) is 5.32 Å². The number of ether oxygens (including phenoxy) is 3. The van der Waals surface area contributed by atoms with Gasteiger partial charge in [-0.2, -0.15) is 0 Å². The normalized spacial score (nSPS) is 26.5. The summed E-state index contributed by atoms with van der Waals surface area (Å²) in [5.41, 5.74) is 2.75. The van der Waals surface area contributed by atoms with E-state index in [1.165, 1.54) is 34.7 Å². The second-order valence-corrected chi connectivity index (χ2v) is 8.82. The molecule has 4 nitrogen and oxygen atoms in total. The van der Waals surface area contributed by atoms with E-state index in [0.29, 0.717) is 24.6 Å². The van der Waals surface area contributed by atoms with Gasteiger partial charge in [-0.1, -0.05) is 54.6 Å². The van der Waals surface area contributed by atoms with Gasteiger partial charge in [-0.25, -0.2) is 0 Å². The van der Waals surface area contributed by atoms with E-state index >= 15 is 0 Å². The Labute approximate surface area is 184 Å². The van der Waals surface area contributed by atoms with Crippen LogP contribution in [-0.4, -0.2) is 25.2 Å². The summed E-state index contributed by atoms with van der Waals surface area (Å²) < 4.78 is 16.8. The molecule has 1 saturated carbocycles. The smallest absolute Gasteiger partial charge is 0.197 e. The largest absolute Gasteiger partial charge is 0.488 e. The summed E-state index contributed by atoms with van der Waals surface area (Å²) in [5, 5.41) is 6.55. The molecular formula is C27H31NO3. The Morgan fingerprint density at radius 2 is 1.81 bits per heavy atom. The van der Waals surface area contributed by atoms with Gasteiger partial charge < -0.3 is 19.5 Å². The fraction of sp³-hybridized carbons (Fsp3) is 0.407. The Balaban J connectivity index is 1.19. The third-order valence-electron chi connectivity index (χ3n) is 6.61. The molecule has 0 unspecified atom stereocenters. The molecule has 162 valence electrons. The Bertz CT molecular complexity index is 1020. The van der Waals surface area contributed by atoms with E-state index in [0.717, 1.165) is 12.2 Å². The van der Waals surface area contributed by atoms with Crippen LogP contribution in [0.15, 0.2) is 66.7 Å².